The highest BCUT2D eigenvalue weighted by Crippen LogP contribution is 2.30. The van der Waals surface area contributed by atoms with Crippen LogP contribution in [0, 0.1) is 0 Å². The van der Waals surface area contributed by atoms with Gasteiger partial charge in [-0.2, -0.15) is 0 Å². The van der Waals surface area contributed by atoms with Crippen LogP contribution < -0.4 is 4.90 Å². The number of aldehydes is 1. The van der Waals surface area contributed by atoms with Gasteiger partial charge in [-0.1, -0.05) is 12.1 Å². The van der Waals surface area contributed by atoms with Gasteiger partial charge in [-0.25, -0.2) is 8.78 Å². The molecule has 2 rings (SSSR count). The summed E-state index contributed by atoms with van der Waals surface area (Å²) in [7, 11) is 0. The maximum Gasteiger partial charge on any atom is 0.266 e. The fourth-order valence-electron chi connectivity index (χ4n) is 1.75. The average Bonchev–Trinajstić information content (AvgIpc) is 2.59. The number of hydrogen-bond acceptors (Lipinski definition) is 2. The Bertz CT molecular complexity index is 379. The van der Waals surface area contributed by atoms with Crippen LogP contribution in [0.4, 0.5) is 14.5 Å². The maximum atomic E-state index is 13.0. The number of rotatable bonds is 2. The largest absolute Gasteiger partial charge is 0.365 e. The first-order valence-corrected chi connectivity index (χ1v) is 4.79. The van der Waals surface area contributed by atoms with Crippen molar-refractivity contribution in [3.63, 3.8) is 0 Å². The monoisotopic (exact) mass is 211 g/mol. The van der Waals surface area contributed by atoms with Gasteiger partial charge in [0.05, 0.1) is 6.54 Å². The van der Waals surface area contributed by atoms with Crippen LogP contribution in [0.2, 0.25) is 0 Å². The zero-order valence-electron chi connectivity index (χ0n) is 8.12. The van der Waals surface area contributed by atoms with E-state index in [0.29, 0.717) is 17.8 Å². The van der Waals surface area contributed by atoms with Gasteiger partial charge in [0.25, 0.3) is 5.92 Å². The first kappa shape index (κ1) is 10.1. The molecule has 0 amide bonds. The third-order valence-electron chi connectivity index (χ3n) is 2.54. The topological polar surface area (TPSA) is 20.3 Å². The van der Waals surface area contributed by atoms with Gasteiger partial charge in [0.2, 0.25) is 0 Å². The zero-order valence-corrected chi connectivity index (χ0v) is 8.12. The number of carbonyl (C=O) groups is 1. The lowest BCUT2D eigenvalue weighted by Crippen LogP contribution is -2.24. The second kappa shape index (κ2) is 3.61. The molecule has 0 aliphatic carbocycles. The molecule has 0 unspecified atom stereocenters. The Kier molecular flexibility index (Phi) is 2.42. The summed E-state index contributed by atoms with van der Waals surface area (Å²) in [4.78, 5) is 12.1. The van der Waals surface area contributed by atoms with Crippen molar-refractivity contribution in [2.24, 2.45) is 0 Å². The van der Waals surface area contributed by atoms with Crippen LogP contribution >= 0.6 is 0 Å². The van der Waals surface area contributed by atoms with E-state index in [4.69, 9.17) is 0 Å². The Morgan fingerprint density at radius 3 is 2.80 bits per heavy atom. The molecule has 0 saturated carbocycles. The summed E-state index contributed by atoms with van der Waals surface area (Å²) >= 11 is 0. The molecule has 0 N–H and O–H groups in total. The molecular weight excluding hydrogens is 200 g/mol. The molecule has 1 saturated heterocycles. The van der Waals surface area contributed by atoms with E-state index in [0.717, 1.165) is 6.29 Å². The summed E-state index contributed by atoms with van der Waals surface area (Å²) in [6.45, 7) is 0.0879. The summed E-state index contributed by atoms with van der Waals surface area (Å²) in [5.74, 6) is -2.60. The number of carbonyl (C=O) groups excluding carboxylic acids is 1. The van der Waals surface area contributed by atoms with Crippen molar-refractivity contribution >= 4 is 12.0 Å². The Labute approximate surface area is 86.5 Å². The normalized spacial score (nSPS) is 19.2. The Morgan fingerprint density at radius 1 is 1.40 bits per heavy atom. The minimum Gasteiger partial charge on any atom is -0.365 e. The predicted molar refractivity (Wildman–Crippen MR) is 53.6 cm³/mol. The fraction of sp³-hybridized carbons (Fsp3) is 0.364. The van der Waals surface area contributed by atoms with Gasteiger partial charge in [0.1, 0.15) is 6.29 Å². The quantitative estimate of drug-likeness (QED) is 0.700. The van der Waals surface area contributed by atoms with E-state index in [1.165, 1.54) is 0 Å². The van der Waals surface area contributed by atoms with Crippen LogP contribution in [0.5, 0.6) is 0 Å². The molecule has 4 heteroatoms. The van der Waals surface area contributed by atoms with Crippen LogP contribution in [-0.2, 0) is 0 Å². The van der Waals surface area contributed by atoms with E-state index < -0.39 is 5.92 Å². The van der Waals surface area contributed by atoms with Crippen LogP contribution in [0.3, 0.4) is 0 Å². The molecule has 0 radical (unpaired) electrons. The fourth-order valence-corrected chi connectivity index (χ4v) is 1.75. The molecule has 15 heavy (non-hydrogen) atoms. The van der Waals surface area contributed by atoms with Crippen molar-refractivity contribution in [1.29, 1.82) is 0 Å². The van der Waals surface area contributed by atoms with Gasteiger partial charge >= 0.3 is 0 Å². The van der Waals surface area contributed by atoms with Gasteiger partial charge < -0.3 is 4.90 Å². The molecule has 80 valence electrons. The molecule has 1 aromatic carbocycles. The maximum absolute atomic E-state index is 13.0. The van der Waals surface area contributed by atoms with E-state index >= 15 is 0 Å². The third-order valence-corrected chi connectivity index (χ3v) is 2.54. The first-order chi connectivity index (χ1) is 7.11. The zero-order chi connectivity index (χ0) is 10.9. The van der Waals surface area contributed by atoms with Crippen LogP contribution in [0.1, 0.15) is 16.8 Å². The third kappa shape index (κ3) is 2.14. The van der Waals surface area contributed by atoms with Crippen molar-refractivity contribution < 1.29 is 13.6 Å². The van der Waals surface area contributed by atoms with Crippen molar-refractivity contribution in [3.8, 4) is 0 Å². The summed E-state index contributed by atoms with van der Waals surface area (Å²) in [6, 6.07) is 6.74. The van der Waals surface area contributed by atoms with Gasteiger partial charge in [0, 0.05) is 24.2 Å². The second-order valence-electron chi connectivity index (χ2n) is 3.74. The van der Waals surface area contributed by atoms with E-state index in [-0.39, 0.29) is 13.0 Å². The van der Waals surface area contributed by atoms with Crippen molar-refractivity contribution in [2.45, 2.75) is 12.3 Å². The van der Waals surface area contributed by atoms with Crippen molar-refractivity contribution in [2.75, 3.05) is 18.0 Å². The SMILES string of the molecule is O=Cc1cccc(N2CCC(F)(F)C2)c1. The van der Waals surface area contributed by atoms with Crippen molar-refractivity contribution in [1.82, 2.24) is 0 Å². The molecular formula is C11H11F2NO. The molecule has 0 aromatic heterocycles. The smallest absolute Gasteiger partial charge is 0.266 e. The van der Waals surface area contributed by atoms with Crippen LogP contribution in [0.25, 0.3) is 0 Å². The Balaban J connectivity index is 2.20. The highest BCUT2D eigenvalue weighted by molar-refractivity contribution is 5.77. The van der Waals surface area contributed by atoms with E-state index in [2.05, 4.69) is 0 Å². The van der Waals surface area contributed by atoms with E-state index in [9.17, 15) is 13.6 Å². The molecule has 1 aromatic rings. The standard InChI is InChI=1S/C11H11F2NO/c12-11(13)4-5-14(8-11)10-3-1-2-9(6-10)7-15/h1-3,6-7H,4-5,8H2. The number of halogens is 2. The molecule has 0 spiro atoms. The Morgan fingerprint density at radius 2 is 2.20 bits per heavy atom. The highest BCUT2D eigenvalue weighted by atomic mass is 19.3. The van der Waals surface area contributed by atoms with E-state index in [1.54, 1.807) is 29.2 Å². The molecule has 2 nitrogen and oxygen atoms in total. The summed E-state index contributed by atoms with van der Waals surface area (Å²) in [6.07, 6.45) is 0.607. The summed E-state index contributed by atoms with van der Waals surface area (Å²) in [5.41, 5.74) is 1.21. The minimum atomic E-state index is -2.60. The molecule has 1 aliphatic rings. The number of nitrogens with zero attached hydrogens (tertiary/aromatic N) is 1. The second-order valence-corrected chi connectivity index (χ2v) is 3.74. The number of alkyl halides is 2. The molecule has 0 bridgehead atoms. The van der Waals surface area contributed by atoms with Crippen LogP contribution in [0.15, 0.2) is 24.3 Å². The minimum absolute atomic E-state index is 0.113. The predicted octanol–water partition coefficient (Wildman–Crippen LogP) is 2.34. The lowest BCUT2D eigenvalue weighted by Gasteiger charge is -2.18. The lowest BCUT2D eigenvalue weighted by atomic mass is 10.2. The molecule has 1 heterocycles. The molecule has 0 atom stereocenters. The molecule has 1 aliphatic heterocycles. The number of hydrogen-bond donors (Lipinski definition) is 0. The average molecular weight is 211 g/mol. The van der Waals surface area contributed by atoms with Crippen LogP contribution in [-0.4, -0.2) is 25.3 Å². The highest BCUT2D eigenvalue weighted by Gasteiger charge is 2.38. The summed E-state index contributed by atoms with van der Waals surface area (Å²) < 4.78 is 25.9. The first-order valence-electron chi connectivity index (χ1n) is 4.79. The van der Waals surface area contributed by atoms with Gasteiger partial charge in [-0.15, -0.1) is 0 Å². The number of anilines is 1. The van der Waals surface area contributed by atoms with E-state index in [1.807, 2.05) is 0 Å². The van der Waals surface area contributed by atoms with Gasteiger partial charge in [-0.05, 0) is 12.1 Å². The molecule has 1 fully saturated rings. The van der Waals surface area contributed by atoms with Gasteiger partial charge in [-0.3, -0.25) is 4.79 Å². The number of benzene rings is 1. The lowest BCUT2D eigenvalue weighted by molar-refractivity contribution is 0.0257. The summed E-state index contributed by atoms with van der Waals surface area (Å²) in [5, 5.41) is 0. The Hall–Kier alpha value is -1.45. The van der Waals surface area contributed by atoms with Gasteiger partial charge in [0.15, 0.2) is 0 Å². The van der Waals surface area contributed by atoms with Crippen molar-refractivity contribution in [3.05, 3.63) is 29.8 Å².